The van der Waals surface area contributed by atoms with Crippen molar-refractivity contribution in [1.82, 2.24) is 0 Å². The van der Waals surface area contributed by atoms with E-state index in [4.69, 9.17) is 23.2 Å². The molecule has 118 valence electrons. The van der Waals surface area contributed by atoms with E-state index in [-0.39, 0.29) is 11.5 Å². The van der Waals surface area contributed by atoms with Gasteiger partial charge in [-0.2, -0.15) is 0 Å². The molecule has 0 bridgehead atoms. The lowest BCUT2D eigenvalue weighted by atomic mass is 9.96. The number of hydrogen-bond acceptors (Lipinski definition) is 2. The summed E-state index contributed by atoms with van der Waals surface area (Å²) in [7, 11) is 0. The van der Waals surface area contributed by atoms with Crippen molar-refractivity contribution in [3.8, 4) is 22.6 Å². The second-order valence-electron chi connectivity index (χ2n) is 5.60. The van der Waals surface area contributed by atoms with Crippen LogP contribution in [0.5, 0.6) is 11.5 Å². The Hall–Kier alpha value is -2.42. The van der Waals surface area contributed by atoms with Crippen LogP contribution in [0.3, 0.4) is 0 Å². The summed E-state index contributed by atoms with van der Waals surface area (Å²) in [5.74, 6) is 0.133. The van der Waals surface area contributed by atoms with Crippen LogP contribution in [0.4, 0.5) is 0 Å². The molecule has 4 rings (SSSR count). The van der Waals surface area contributed by atoms with Gasteiger partial charge in [-0.25, -0.2) is 0 Å². The molecule has 0 heterocycles. The van der Waals surface area contributed by atoms with Gasteiger partial charge in [0.2, 0.25) is 0 Å². The van der Waals surface area contributed by atoms with E-state index in [1.54, 1.807) is 24.3 Å². The van der Waals surface area contributed by atoms with E-state index < -0.39 is 0 Å². The highest BCUT2D eigenvalue weighted by molar-refractivity contribution is 6.37. The molecular weight excluding hydrogens is 343 g/mol. The van der Waals surface area contributed by atoms with Gasteiger partial charge in [0.25, 0.3) is 0 Å². The van der Waals surface area contributed by atoms with Crippen LogP contribution in [0.15, 0.2) is 60.7 Å². The highest BCUT2D eigenvalue weighted by Gasteiger charge is 2.17. The topological polar surface area (TPSA) is 40.5 Å². The molecule has 0 saturated heterocycles. The maximum atomic E-state index is 10.7. The van der Waals surface area contributed by atoms with E-state index in [9.17, 15) is 10.2 Å². The first-order valence-electron chi connectivity index (χ1n) is 7.38. The molecule has 2 N–H and O–H groups in total. The summed E-state index contributed by atoms with van der Waals surface area (Å²) in [5, 5.41) is 25.2. The third-order valence-electron chi connectivity index (χ3n) is 4.22. The monoisotopic (exact) mass is 354 g/mol. The number of rotatable bonds is 1. The summed E-state index contributed by atoms with van der Waals surface area (Å²) in [6.07, 6.45) is 0. The molecule has 0 aliphatic carbocycles. The van der Waals surface area contributed by atoms with Crippen molar-refractivity contribution in [3.63, 3.8) is 0 Å². The van der Waals surface area contributed by atoms with Gasteiger partial charge in [0.05, 0.1) is 0 Å². The smallest absolute Gasteiger partial charge is 0.131 e. The van der Waals surface area contributed by atoms with Crippen LogP contribution < -0.4 is 0 Å². The molecule has 0 unspecified atom stereocenters. The highest BCUT2D eigenvalue weighted by Crippen LogP contribution is 2.46. The van der Waals surface area contributed by atoms with E-state index in [0.717, 1.165) is 10.8 Å². The average molecular weight is 355 g/mol. The Kier molecular flexibility index (Phi) is 3.52. The van der Waals surface area contributed by atoms with Gasteiger partial charge in [-0.1, -0.05) is 71.7 Å². The minimum Gasteiger partial charge on any atom is -0.507 e. The van der Waals surface area contributed by atoms with Crippen LogP contribution in [-0.4, -0.2) is 10.2 Å². The quantitative estimate of drug-likeness (QED) is 0.416. The minimum atomic E-state index is 0.0663. The third kappa shape index (κ3) is 2.19. The Labute approximate surface area is 148 Å². The molecule has 0 spiro atoms. The molecule has 4 aromatic carbocycles. The number of aromatic hydroxyl groups is 2. The summed E-state index contributed by atoms with van der Waals surface area (Å²) in [5.41, 5.74) is 0.896. The molecule has 0 atom stereocenters. The van der Waals surface area contributed by atoms with Crippen molar-refractivity contribution in [2.45, 2.75) is 0 Å². The van der Waals surface area contributed by atoms with Crippen LogP contribution in [0.25, 0.3) is 32.7 Å². The van der Waals surface area contributed by atoms with Crippen molar-refractivity contribution < 1.29 is 10.2 Å². The molecule has 4 aromatic rings. The summed E-state index contributed by atoms with van der Waals surface area (Å²) >= 11 is 12.7. The Morgan fingerprint density at radius 3 is 1.25 bits per heavy atom. The Morgan fingerprint density at radius 1 is 0.542 bits per heavy atom. The lowest BCUT2D eigenvalue weighted by Crippen LogP contribution is -1.86. The van der Waals surface area contributed by atoms with Gasteiger partial charge < -0.3 is 10.2 Å². The number of phenolic OH excluding ortho intramolecular Hbond substituents is 2. The molecule has 0 radical (unpaired) electrons. The second-order valence-corrected chi connectivity index (χ2v) is 6.41. The number of hydrogen-bond donors (Lipinski definition) is 2. The molecule has 0 amide bonds. The predicted octanol–water partition coefficient (Wildman–Crippen LogP) is 6.38. The van der Waals surface area contributed by atoms with Gasteiger partial charge in [-0.15, -0.1) is 0 Å². The fraction of sp³-hybridized carbons (Fsp3) is 0. The molecule has 0 aliphatic heterocycles. The molecule has 2 nitrogen and oxygen atoms in total. The van der Waals surface area contributed by atoms with Gasteiger partial charge in [0, 0.05) is 42.7 Å². The van der Waals surface area contributed by atoms with Crippen molar-refractivity contribution in [2.24, 2.45) is 0 Å². The van der Waals surface area contributed by atoms with E-state index in [2.05, 4.69) is 0 Å². The summed E-state index contributed by atoms with van der Waals surface area (Å²) in [6.45, 7) is 0. The number of phenols is 2. The van der Waals surface area contributed by atoms with E-state index in [1.165, 1.54) is 0 Å². The number of halogens is 2. The van der Waals surface area contributed by atoms with Crippen LogP contribution in [0.1, 0.15) is 0 Å². The largest absolute Gasteiger partial charge is 0.507 e. The molecule has 0 saturated carbocycles. The Balaban J connectivity index is 2.10. The summed E-state index contributed by atoms with van der Waals surface area (Å²) in [4.78, 5) is 0. The van der Waals surface area contributed by atoms with Crippen LogP contribution >= 0.6 is 23.2 Å². The lowest BCUT2D eigenvalue weighted by molar-refractivity contribution is 0.475. The summed E-state index contributed by atoms with van der Waals surface area (Å²) < 4.78 is 0. The zero-order valence-electron chi connectivity index (χ0n) is 12.4. The van der Waals surface area contributed by atoms with Gasteiger partial charge in [-0.3, -0.25) is 0 Å². The number of fused-ring (bicyclic) bond motifs is 2. The zero-order valence-corrected chi connectivity index (χ0v) is 13.9. The van der Waals surface area contributed by atoms with Crippen LogP contribution in [0.2, 0.25) is 10.0 Å². The molecular formula is C20H12Cl2O2. The first kappa shape index (κ1) is 15.1. The first-order chi connectivity index (χ1) is 11.6. The second kappa shape index (κ2) is 5.59. The SMILES string of the molecule is Oc1c(-c2cc(Cl)c3ccccc3c2O)cc(Cl)c2ccccc12. The van der Waals surface area contributed by atoms with Crippen molar-refractivity contribution in [2.75, 3.05) is 0 Å². The van der Waals surface area contributed by atoms with Gasteiger partial charge in [0.1, 0.15) is 11.5 Å². The minimum absolute atomic E-state index is 0.0663. The molecule has 0 aliphatic rings. The van der Waals surface area contributed by atoms with Crippen molar-refractivity contribution in [1.29, 1.82) is 0 Å². The molecule has 0 aromatic heterocycles. The van der Waals surface area contributed by atoms with E-state index in [0.29, 0.717) is 31.9 Å². The van der Waals surface area contributed by atoms with Gasteiger partial charge >= 0.3 is 0 Å². The number of benzene rings is 4. The molecule has 4 heteroatoms. The first-order valence-corrected chi connectivity index (χ1v) is 8.14. The van der Waals surface area contributed by atoms with Gasteiger partial charge in [0.15, 0.2) is 0 Å². The van der Waals surface area contributed by atoms with Crippen LogP contribution in [-0.2, 0) is 0 Å². The Morgan fingerprint density at radius 2 is 0.875 bits per heavy atom. The standard InChI is InChI=1S/C20H12Cl2O2/c21-17-9-15(19(23)13-7-3-1-5-11(13)17)16-10-18(22)12-6-2-4-8-14(12)20(16)24/h1-10,23-24H. The van der Waals surface area contributed by atoms with Crippen molar-refractivity contribution in [3.05, 3.63) is 70.7 Å². The average Bonchev–Trinajstić information content (AvgIpc) is 2.61. The zero-order chi connectivity index (χ0) is 16.8. The molecule has 24 heavy (non-hydrogen) atoms. The fourth-order valence-corrected chi connectivity index (χ4v) is 3.59. The maximum absolute atomic E-state index is 10.7. The van der Waals surface area contributed by atoms with E-state index in [1.807, 2.05) is 36.4 Å². The fourth-order valence-electron chi connectivity index (χ4n) is 3.04. The van der Waals surface area contributed by atoms with Crippen molar-refractivity contribution >= 4 is 44.7 Å². The Bertz CT molecular complexity index is 1010. The van der Waals surface area contributed by atoms with E-state index >= 15 is 0 Å². The van der Waals surface area contributed by atoms with Gasteiger partial charge in [-0.05, 0) is 12.1 Å². The summed E-state index contributed by atoms with van der Waals surface area (Å²) in [6, 6.07) is 17.9. The normalized spacial score (nSPS) is 11.2. The third-order valence-corrected chi connectivity index (χ3v) is 4.85. The lowest BCUT2D eigenvalue weighted by Gasteiger charge is -2.14. The maximum Gasteiger partial charge on any atom is 0.131 e. The predicted molar refractivity (Wildman–Crippen MR) is 100 cm³/mol. The molecule has 0 fully saturated rings. The van der Waals surface area contributed by atoms with Crippen LogP contribution in [0, 0.1) is 0 Å². The highest BCUT2D eigenvalue weighted by atomic mass is 35.5.